The highest BCUT2D eigenvalue weighted by molar-refractivity contribution is 5.95. The smallest absolute Gasteiger partial charge is 0.150 e. The van der Waals surface area contributed by atoms with Gasteiger partial charge in [-0.2, -0.15) is 0 Å². The molecule has 0 fully saturated rings. The van der Waals surface area contributed by atoms with E-state index in [1.165, 1.54) is 0 Å². The number of carbonyl (C=O) groups is 1. The molecule has 2 aromatic rings. The maximum absolute atomic E-state index is 10.8. The van der Waals surface area contributed by atoms with Crippen molar-refractivity contribution in [1.82, 2.24) is 4.98 Å². The molecule has 0 aliphatic rings. The Morgan fingerprint density at radius 1 is 1.24 bits per heavy atom. The van der Waals surface area contributed by atoms with Gasteiger partial charge in [-0.05, 0) is 37.4 Å². The molecule has 1 heterocycles. The molecule has 3 nitrogen and oxygen atoms in total. The Bertz CT molecular complexity index is 533. The summed E-state index contributed by atoms with van der Waals surface area (Å²) in [5.41, 5.74) is 0.703. The third kappa shape index (κ3) is 2.13. The van der Waals surface area contributed by atoms with Crippen molar-refractivity contribution in [3.8, 4) is 0 Å². The lowest BCUT2D eigenvalue weighted by molar-refractivity contribution is 0.112. The third-order valence-corrected chi connectivity index (χ3v) is 2.97. The second-order valence-corrected chi connectivity index (χ2v) is 3.91. The van der Waals surface area contributed by atoms with E-state index in [2.05, 4.69) is 23.7 Å². The maximum Gasteiger partial charge on any atom is 0.150 e. The first-order valence-corrected chi connectivity index (χ1v) is 5.89. The van der Waals surface area contributed by atoms with Gasteiger partial charge in [0.15, 0.2) is 0 Å². The molecule has 0 N–H and O–H groups in total. The van der Waals surface area contributed by atoms with Crippen LogP contribution in [0.5, 0.6) is 0 Å². The van der Waals surface area contributed by atoms with Gasteiger partial charge in [-0.15, -0.1) is 0 Å². The summed E-state index contributed by atoms with van der Waals surface area (Å²) in [5, 5.41) is 2.16. The number of hydrogen-bond donors (Lipinski definition) is 0. The largest absolute Gasteiger partial charge is 0.357 e. The van der Waals surface area contributed by atoms with Crippen LogP contribution in [0.4, 0.5) is 5.82 Å². The van der Waals surface area contributed by atoms with Crippen molar-refractivity contribution in [2.24, 2.45) is 0 Å². The number of rotatable bonds is 4. The lowest BCUT2D eigenvalue weighted by atomic mass is 10.1. The van der Waals surface area contributed by atoms with E-state index < -0.39 is 0 Å². The molecular formula is C14H16N2O. The van der Waals surface area contributed by atoms with Gasteiger partial charge in [0, 0.05) is 30.2 Å². The summed E-state index contributed by atoms with van der Waals surface area (Å²) in [7, 11) is 0. The van der Waals surface area contributed by atoms with Crippen LogP contribution in [0.15, 0.2) is 30.5 Å². The fourth-order valence-electron chi connectivity index (χ4n) is 2.03. The highest BCUT2D eigenvalue weighted by Crippen LogP contribution is 2.24. The van der Waals surface area contributed by atoms with Crippen molar-refractivity contribution in [1.29, 1.82) is 0 Å². The molecule has 0 saturated carbocycles. The molecule has 0 aliphatic heterocycles. The maximum atomic E-state index is 10.8. The Kier molecular flexibility index (Phi) is 3.38. The van der Waals surface area contributed by atoms with Crippen LogP contribution in [-0.4, -0.2) is 24.4 Å². The summed E-state index contributed by atoms with van der Waals surface area (Å²) in [5.74, 6) is 0.991. The molecule has 0 unspecified atom stereocenters. The topological polar surface area (TPSA) is 33.2 Å². The van der Waals surface area contributed by atoms with Crippen LogP contribution in [-0.2, 0) is 0 Å². The summed E-state index contributed by atoms with van der Waals surface area (Å²) in [6.45, 7) is 6.09. The molecule has 3 heteroatoms. The SMILES string of the molecule is CCN(CC)c1nccc2cc(C=O)ccc12. The average molecular weight is 228 g/mol. The van der Waals surface area contributed by atoms with Crippen LogP contribution in [0.25, 0.3) is 10.8 Å². The van der Waals surface area contributed by atoms with E-state index in [1.807, 2.05) is 24.3 Å². The molecule has 0 spiro atoms. The van der Waals surface area contributed by atoms with Crippen LogP contribution >= 0.6 is 0 Å². The number of carbonyl (C=O) groups excluding carboxylic acids is 1. The third-order valence-electron chi connectivity index (χ3n) is 2.97. The minimum Gasteiger partial charge on any atom is -0.357 e. The van der Waals surface area contributed by atoms with Gasteiger partial charge < -0.3 is 4.90 Å². The fourth-order valence-corrected chi connectivity index (χ4v) is 2.03. The Hall–Kier alpha value is -1.90. The minimum atomic E-state index is 0.703. The van der Waals surface area contributed by atoms with Crippen LogP contribution < -0.4 is 4.90 Å². The van der Waals surface area contributed by atoms with E-state index in [-0.39, 0.29) is 0 Å². The first-order chi connectivity index (χ1) is 8.30. The van der Waals surface area contributed by atoms with Gasteiger partial charge in [0.1, 0.15) is 12.1 Å². The summed E-state index contributed by atoms with van der Waals surface area (Å²) in [6, 6.07) is 7.65. The number of fused-ring (bicyclic) bond motifs is 1. The molecule has 1 aromatic carbocycles. The molecule has 1 aromatic heterocycles. The highest BCUT2D eigenvalue weighted by atomic mass is 16.1. The van der Waals surface area contributed by atoms with Crippen molar-refractivity contribution in [2.45, 2.75) is 13.8 Å². The molecular weight excluding hydrogens is 212 g/mol. The first kappa shape index (κ1) is 11.6. The van der Waals surface area contributed by atoms with E-state index in [9.17, 15) is 4.79 Å². The molecule has 88 valence electrons. The molecule has 0 saturated heterocycles. The number of hydrogen-bond acceptors (Lipinski definition) is 3. The van der Waals surface area contributed by atoms with Crippen LogP contribution in [0.2, 0.25) is 0 Å². The average Bonchev–Trinajstić information content (AvgIpc) is 2.39. The number of nitrogens with zero attached hydrogens (tertiary/aromatic N) is 2. The van der Waals surface area contributed by atoms with Gasteiger partial charge in [0.2, 0.25) is 0 Å². The molecule has 0 bridgehead atoms. The molecule has 0 aliphatic carbocycles. The van der Waals surface area contributed by atoms with Gasteiger partial charge in [-0.25, -0.2) is 4.98 Å². The summed E-state index contributed by atoms with van der Waals surface area (Å²) in [6.07, 6.45) is 2.67. The molecule has 17 heavy (non-hydrogen) atoms. The predicted octanol–water partition coefficient (Wildman–Crippen LogP) is 2.89. The highest BCUT2D eigenvalue weighted by Gasteiger charge is 2.08. The lowest BCUT2D eigenvalue weighted by Gasteiger charge is -2.21. The van der Waals surface area contributed by atoms with E-state index in [0.717, 1.165) is 36.0 Å². The summed E-state index contributed by atoms with van der Waals surface area (Å²) >= 11 is 0. The first-order valence-electron chi connectivity index (χ1n) is 5.89. The van der Waals surface area contributed by atoms with Crippen molar-refractivity contribution in [2.75, 3.05) is 18.0 Å². The molecule has 0 atom stereocenters. The van der Waals surface area contributed by atoms with Gasteiger partial charge in [-0.3, -0.25) is 4.79 Å². The van der Waals surface area contributed by atoms with Crippen LogP contribution in [0.1, 0.15) is 24.2 Å². The van der Waals surface area contributed by atoms with Crippen LogP contribution in [0, 0.1) is 0 Å². The monoisotopic (exact) mass is 228 g/mol. The fraction of sp³-hybridized carbons (Fsp3) is 0.286. The normalized spacial score (nSPS) is 10.5. The lowest BCUT2D eigenvalue weighted by Crippen LogP contribution is -2.23. The van der Waals surface area contributed by atoms with Gasteiger partial charge in [0.05, 0.1) is 0 Å². The van der Waals surface area contributed by atoms with E-state index in [1.54, 1.807) is 6.20 Å². The van der Waals surface area contributed by atoms with Gasteiger partial charge in [-0.1, -0.05) is 6.07 Å². The van der Waals surface area contributed by atoms with E-state index >= 15 is 0 Å². The van der Waals surface area contributed by atoms with E-state index in [4.69, 9.17) is 0 Å². The van der Waals surface area contributed by atoms with E-state index in [0.29, 0.717) is 5.56 Å². The van der Waals surface area contributed by atoms with Crippen molar-refractivity contribution in [3.05, 3.63) is 36.0 Å². The molecule has 0 radical (unpaired) electrons. The quantitative estimate of drug-likeness (QED) is 0.754. The number of aromatic nitrogens is 1. The standard InChI is InChI=1S/C14H16N2O/c1-3-16(4-2)14-13-6-5-11(10-17)9-12(13)7-8-15-14/h5-10H,3-4H2,1-2H3. The zero-order valence-electron chi connectivity index (χ0n) is 10.2. The zero-order valence-corrected chi connectivity index (χ0v) is 10.2. The van der Waals surface area contributed by atoms with Crippen molar-refractivity contribution < 1.29 is 4.79 Å². The zero-order chi connectivity index (χ0) is 12.3. The second-order valence-electron chi connectivity index (χ2n) is 3.91. The Morgan fingerprint density at radius 2 is 2.00 bits per heavy atom. The Balaban J connectivity index is 2.61. The summed E-state index contributed by atoms with van der Waals surface area (Å²) in [4.78, 5) is 17.4. The number of pyridine rings is 1. The number of benzene rings is 1. The Labute approximate surface area is 101 Å². The predicted molar refractivity (Wildman–Crippen MR) is 70.7 cm³/mol. The Morgan fingerprint density at radius 3 is 2.65 bits per heavy atom. The van der Waals surface area contributed by atoms with Gasteiger partial charge in [0.25, 0.3) is 0 Å². The second kappa shape index (κ2) is 4.95. The molecule has 2 rings (SSSR count). The number of aldehydes is 1. The minimum absolute atomic E-state index is 0.703. The molecule has 0 amide bonds. The van der Waals surface area contributed by atoms with Crippen LogP contribution in [0.3, 0.4) is 0 Å². The van der Waals surface area contributed by atoms with Crippen molar-refractivity contribution >= 4 is 22.9 Å². The van der Waals surface area contributed by atoms with Gasteiger partial charge >= 0.3 is 0 Å². The summed E-state index contributed by atoms with van der Waals surface area (Å²) < 4.78 is 0. The van der Waals surface area contributed by atoms with Crippen molar-refractivity contribution in [3.63, 3.8) is 0 Å². The number of anilines is 1.